The molecule has 5 nitrogen and oxygen atoms in total. The predicted molar refractivity (Wildman–Crippen MR) is 166 cm³/mol. The third kappa shape index (κ3) is 3.93. The number of aromatic nitrogens is 3. The fraction of sp³-hybridized carbons (Fsp3) is 0. The van der Waals surface area contributed by atoms with Crippen molar-refractivity contribution in [3.05, 3.63) is 112 Å². The minimum atomic E-state index is 0.580. The molecule has 3 heterocycles. The summed E-state index contributed by atoms with van der Waals surface area (Å²) in [6, 6.07) is 34.2. The highest BCUT2D eigenvalue weighted by atomic mass is 79.9. The van der Waals surface area contributed by atoms with Gasteiger partial charge in [0.2, 0.25) is 0 Å². The van der Waals surface area contributed by atoms with Gasteiger partial charge in [0, 0.05) is 47.2 Å². The third-order valence-electron chi connectivity index (χ3n) is 7.03. The lowest BCUT2D eigenvalue weighted by atomic mass is 10.1. The summed E-state index contributed by atoms with van der Waals surface area (Å²) in [4.78, 5) is 14.9. The molecule has 40 heavy (non-hydrogen) atoms. The van der Waals surface area contributed by atoms with Crippen molar-refractivity contribution in [2.24, 2.45) is 0 Å². The zero-order valence-corrected chi connectivity index (χ0v) is 23.9. The molecule has 0 spiro atoms. The first kappa shape index (κ1) is 23.5. The van der Waals surface area contributed by atoms with Crippen molar-refractivity contribution in [3.8, 4) is 34.2 Å². The second kappa shape index (κ2) is 9.11. The van der Waals surface area contributed by atoms with Gasteiger partial charge in [-0.1, -0.05) is 68.3 Å². The quantitative estimate of drug-likeness (QED) is 0.191. The zero-order chi connectivity index (χ0) is 26.8. The van der Waals surface area contributed by atoms with Crippen molar-refractivity contribution in [2.75, 3.05) is 0 Å². The van der Waals surface area contributed by atoms with Crippen molar-refractivity contribution in [1.29, 1.82) is 0 Å². The molecule has 0 fully saturated rings. The molecule has 8 rings (SSSR count). The molecular formula is C33H17Br2N3O2. The normalized spacial score (nSPS) is 11.8. The minimum absolute atomic E-state index is 0.580. The topological polar surface area (TPSA) is 65.0 Å². The molecule has 0 saturated carbocycles. The number of rotatable bonds is 3. The lowest BCUT2D eigenvalue weighted by Gasteiger charge is -2.09. The molecule has 3 aromatic heterocycles. The molecular weight excluding hydrogens is 630 g/mol. The molecule has 0 aliphatic heterocycles. The van der Waals surface area contributed by atoms with E-state index in [2.05, 4.69) is 56.1 Å². The van der Waals surface area contributed by atoms with E-state index in [1.54, 1.807) is 0 Å². The van der Waals surface area contributed by atoms with Crippen LogP contribution in [0.5, 0.6) is 0 Å². The Hall–Kier alpha value is -4.33. The number of halogens is 2. The van der Waals surface area contributed by atoms with Crippen molar-refractivity contribution < 1.29 is 8.83 Å². The van der Waals surface area contributed by atoms with E-state index in [1.165, 1.54) is 0 Å². The molecule has 0 amide bonds. The molecule has 0 atom stereocenters. The smallest absolute Gasteiger partial charge is 0.164 e. The van der Waals surface area contributed by atoms with Gasteiger partial charge in [-0.2, -0.15) is 0 Å². The van der Waals surface area contributed by atoms with Gasteiger partial charge >= 0.3 is 0 Å². The molecule has 8 aromatic rings. The van der Waals surface area contributed by atoms with Crippen LogP contribution in [0.15, 0.2) is 121 Å². The lowest BCUT2D eigenvalue weighted by Crippen LogP contribution is -2.00. The molecule has 0 aliphatic carbocycles. The summed E-state index contributed by atoms with van der Waals surface area (Å²) in [5.41, 5.74) is 5.99. The molecule has 0 radical (unpaired) electrons. The van der Waals surface area contributed by atoms with Crippen LogP contribution in [0.25, 0.3) is 78.0 Å². The van der Waals surface area contributed by atoms with Gasteiger partial charge in [0.15, 0.2) is 17.5 Å². The van der Waals surface area contributed by atoms with Crippen LogP contribution in [0, 0.1) is 0 Å². The van der Waals surface area contributed by atoms with E-state index in [9.17, 15) is 0 Å². The molecule has 0 bridgehead atoms. The first-order valence-corrected chi connectivity index (χ1v) is 14.2. The molecule has 0 saturated heterocycles. The van der Waals surface area contributed by atoms with Gasteiger partial charge in [-0.05, 0) is 66.7 Å². The van der Waals surface area contributed by atoms with Gasteiger partial charge in [0.1, 0.15) is 22.3 Å². The van der Waals surface area contributed by atoms with Gasteiger partial charge in [-0.3, -0.25) is 0 Å². The highest BCUT2D eigenvalue weighted by molar-refractivity contribution is 9.11. The van der Waals surface area contributed by atoms with Crippen molar-refractivity contribution in [2.45, 2.75) is 0 Å². The summed E-state index contributed by atoms with van der Waals surface area (Å²) < 4.78 is 14.0. The van der Waals surface area contributed by atoms with Crippen LogP contribution >= 0.6 is 31.9 Å². The third-order valence-corrected chi connectivity index (χ3v) is 7.94. The number of furan rings is 2. The van der Waals surface area contributed by atoms with Crippen LogP contribution in [-0.2, 0) is 0 Å². The zero-order valence-electron chi connectivity index (χ0n) is 20.7. The fourth-order valence-corrected chi connectivity index (χ4v) is 6.47. The van der Waals surface area contributed by atoms with Gasteiger partial charge in [-0.25, -0.2) is 15.0 Å². The first-order valence-electron chi connectivity index (χ1n) is 12.6. The average molecular weight is 647 g/mol. The number of nitrogens with zero attached hydrogens (tertiary/aromatic N) is 3. The van der Waals surface area contributed by atoms with Gasteiger partial charge < -0.3 is 8.83 Å². The lowest BCUT2D eigenvalue weighted by molar-refractivity contribution is 0.668. The molecule has 0 aliphatic rings. The highest BCUT2D eigenvalue weighted by Crippen LogP contribution is 2.35. The predicted octanol–water partition coefficient (Wildman–Crippen LogP) is 10.2. The standard InChI is InChI=1S/C33H17Br2N3O2/c34-21-13-20(14-22(35)17-21)33-37-31(18-9-11-29-25(15-18)23-5-1-3-7-27(23)39-29)36-32(38-33)19-10-12-30-26(16-19)24-6-2-4-8-28(24)40-30/h1-17H. The Labute approximate surface area is 244 Å². The van der Waals surface area contributed by atoms with Crippen molar-refractivity contribution in [3.63, 3.8) is 0 Å². The maximum absolute atomic E-state index is 6.05. The summed E-state index contributed by atoms with van der Waals surface area (Å²) in [5, 5.41) is 4.16. The van der Waals surface area contributed by atoms with Crippen molar-refractivity contribution >= 4 is 75.7 Å². The van der Waals surface area contributed by atoms with E-state index in [0.717, 1.165) is 69.5 Å². The van der Waals surface area contributed by atoms with E-state index in [4.69, 9.17) is 23.8 Å². The monoisotopic (exact) mass is 645 g/mol. The second-order valence-electron chi connectivity index (χ2n) is 9.58. The van der Waals surface area contributed by atoms with Gasteiger partial charge in [0.05, 0.1) is 0 Å². The van der Waals surface area contributed by atoms with E-state index in [-0.39, 0.29) is 0 Å². The highest BCUT2D eigenvalue weighted by Gasteiger charge is 2.16. The Balaban J connectivity index is 1.36. The number of fused-ring (bicyclic) bond motifs is 6. The Morgan fingerprint density at radius 2 is 0.825 bits per heavy atom. The van der Waals surface area contributed by atoms with E-state index < -0.39 is 0 Å². The number of hydrogen-bond acceptors (Lipinski definition) is 5. The number of para-hydroxylation sites is 2. The Kier molecular flexibility index (Phi) is 5.37. The van der Waals surface area contributed by atoms with Gasteiger partial charge in [-0.15, -0.1) is 0 Å². The minimum Gasteiger partial charge on any atom is -0.456 e. The van der Waals surface area contributed by atoms with E-state index >= 15 is 0 Å². The Morgan fingerprint density at radius 3 is 1.32 bits per heavy atom. The molecule has 0 unspecified atom stereocenters. The summed E-state index contributed by atoms with van der Waals surface area (Å²) in [6.45, 7) is 0. The summed E-state index contributed by atoms with van der Waals surface area (Å²) >= 11 is 7.21. The van der Waals surface area contributed by atoms with Crippen molar-refractivity contribution in [1.82, 2.24) is 15.0 Å². The SMILES string of the molecule is Brc1cc(Br)cc(-c2nc(-c3ccc4oc5ccccc5c4c3)nc(-c3ccc4oc5ccccc5c4c3)n2)c1. The summed E-state index contributed by atoms with van der Waals surface area (Å²) in [6.07, 6.45) is 0. The number of benzene rings is 5. The van der Waals surface area contributed by atoms with E-state index in [0.29, 0.717) is 17.5 Å². The molecule has 7 heteroatoms. The average Bonchev–Trinajstić information content (AvgIpc) is 3.54. The van der Waals surface area contributed by atoms with Crippen LogP contribution in [-0.4, -0.2) is 15.0 Å². The number of hydrogen-bond donors (Lipinski definition) is 0. The first-order chi connectivity index (χ1) is 19.6. The van der Waals surface area contributed by atoms with Crippen LogP contribution in [0.3, 0.4) is 0 Å². The van der Waals surface area contributed by atoms with E-state index in [1.807, 2.05) is 78.9 Å². The molecule has 5 aromatic carbocycles. The maximum Gasteiger partial charge on any atom is 0.164 e. The van der Waals surface area contributed by atoms with Crippen LogP contribution < -0.4 is 0 Å². The second-order valence-corrected chi connectivity index (χ2v) is 11.4. The van der Waals surface area contributed by atoms with Crippen LogP contribution in [0.2, 0.25) is 0 Å². The maximum atomic E-state index is 6.05. The Bertz CT molecular complexity index is 2120. The van der Waals surface area contributed by atoms with Gasteiger partial charge in [0.25, 0.3) is 0 Å². The summed E-state index contributed by atoms with van der Waals surface area (Å²) in [7, 11) is 0. The summed E-state index contributed by atoms with van der Waals surface area (Å²) in [5.74, 6) is 1.75. The fourth-order valence-electron chi connectivity index (χ4n) is 5.18. The largest absolute Gasteiger partial charge is 0.456 e. The molecule has 190 valence electrons. The Morgan fingerprint density at radius 1 is 0.400 bits per heavy atom. The van der Waals surface area contributed by atoms with Crippen LogP contribution in [0.4, 0.5) is 0 Å². The van der Waals surface area contributed by atoms with Crippen LogP contribution in [0.1, 0.15) is 0 Å². The molecule has 0 N–H and O–H groups in total.